The van der Waals surface area contributed by atoms with E-state index < -0.39 is 0 Å². The third kappa shape index (κ3) is 6.01. The van der Waals surface area contributed by atoms with E-state index in [2.05, 4.69) is 36.1 Å². The van der Waals surface area contributed by atoms with Gasteiger partial charge < -0.3 is 5.32 Å². The molecule has 0 atom stereocenters. The topological polar surface area (TPSA) is 54.9 Å². The molecule has 0 aliphatic heterocycles. The summed E-state index contributed by atoms with van der Waals surface area (Å²) in [7, 11) is 0. The van der Waals surface area contributed by atoms with E-state index in [4.69, 9.17) is 11.6 Å². The second-order valence-corrected chi connectivity index (χ2v) is 5.92. The molecule has 0 aromatic carbocycles. The number of halogens is 1. The first kappa shape index (κ1) is 15.9. The zero-order chi connectivity index (χ0) is 14.3. The second kappa shape index (κ2) is 7.43. The molecule has 106 valence electrons. The summed E-state index contributed by atoms with van der Waals surface area (Å²) in [5.41, 5.74) is 0.402. The van der Waals surface area contributed by atoms with E-state index in [-0.39, 0.29) is 16.5 Å². The predicted octanol–water partition coefficient (Wildman–Crippen LogP) is 3.47. The Labute approximate surface area is 120 Å². The van der Waals surface area contributed by atoms with Crippen molar-refractivity contribution in [3.05, 3.63) is 23.2 Å². The maximum atomic E-state index is 11.9. The number of unbranched alkanes of at least 4 members (excludes halogenated alkanes) is 2. The summed E-state index contributed by atoms with van der Waals surface area (Å²) in [5.74, 6) is -0.201. The summed E-state index contributed by atoms with van der Waals surface area (Å²) in [4.78, 5) is 19.7. The van der Waals surface area contributed by atoms with E-state index in [0.29, 0.717) is 12.2 Å². The lowest BCUT2D eigenvalue weighted by Crippen LogP contribution is -2.34. The number of rotatable bonds is 7. The lowest BCUT2D eigenvalue weighted by atomic mass is 9.87. The number of aromatic nitrogens is 2. The standard InChI is InChI=1S/C14H22ClN3O/c1-4-5-6-7-14(2,3)10-18-13(19)11-8-17-12(15)9-16-11/h8-9H,4-7,10H2,1-3H3,(H,18,19). The van der Waals surface area contributed by atoms with E-state index in [9.17, 15) is 4.79 Å². The van der Waals surface area contributed by atoms with Crippen molar-refractivity contribution < 1.29 is 4.79 Å². The average molecular weight is 284 g/mol. The number of carbonyl (C=O) groups is 1. The fraction of sp³-hybridized carbons (Fsp3) is 0.643. The van der Waals surface area contributed by atoms with Crippen LogP contribution in [0.1, 0.15) is 56.9 Å². The monoisotopic (exact) mass is 283 g/mol. The molecule has 0 spiro atoms. The minimum atomic E-state index is -0.201. The minimum absolute atomic E-state index is 0.102. The van der Waals surface area contributed by atoms with Gasteiger partial charge in [0.15, 0.2) is 0 Å². The number of hydrogen-bond donors (Lipinski definition) is 1. The molecule has 19 heavy (non-hydrogen) atoms. The molecule has 0 unspecified atom stereocenters. The van der Waals surface area contributed by atoms with Crippen LogP contribution in [0.5, 0.6) is 0 Å². The quantitative estimate of drug-likeness (QED) is 0.780. The highest BCUT2D eigenvalue weighted by Gasteiger charge is 2.19. The maximum absolute atomic E-state index is 11.9. The van der Waals surface area contributed by atoms with Crippen molar-refractivity contribution in [2.45, 2.75) is 46.5 Å². The van der Waals surface area contributed by atoms with E-state index in [0.717, 1.165) is 6.42 Å². The van der Waals surface area contributed by atoms with Gasteiger partial charge in [-0.1, -0.05) is 51.6 Å². The van der Waals surface area contributed by atoms with Gasteiger partial charge in [-0.05, 0) is 11.8 Å². The molecule has 0 saturated heterocycles. The van der Waals surface area contributed by atoms with Crippen LogP contribution < -0.4 is 5.32 Å². The molecule has 1 amide bonds. The van der Waals surface area contributed by atoms with Crippen LogP contribution in [-0.4, -0.2) is 22.4 Å². The Hall–Kier alpha value is -1.16. The van der Waals surface area contributed by atoms with Crippen LogP contribution in [-0.2, 0) is 0 Å². The molecule has 0 aliphatic rings. The Kier molecular flexibility index (Phi) is 6.22. The maximum Gasteiger partial charge on any atom is 0.271 e. The van der Waals surface area contributed by atoms with Crippen LogP contribution in [0.4, 0.5) is 0 Å². The number of nitrogens with zero attached hydrogens (tertiary/aromatic N) is 2. The van der Waals surface area contributed by atoms with E-state index in [1.165, 1.54) is 31.7 Å². The number of amides is 1. The van der Waals surface area contributed by atoms with Gasteiger partial charge in [0.2, 0.25) is 0 Å². The first-order chi connectivity index (χ1) is 8.94. The first-order valence-electron chi connectivity index (χ1n) is 6.70. The third-order valence-electron chi connectivity index (χ3n) is 3.04. The lowest BCUT2D eigenvalue weighted by molar-refractivity contribution is 0.0928. The van der Waals surface area contributed by atoms with E-state index >= 15 is 0 Å². The lowest BCUT2D eigenvalue weighted by Gasteiger charge is -2.24. The first-order valence-corrected chi connectivity index (χ1v) is 7.08. The zero-order valence-electron chi connectivity index (χ0n) is 11.9. The van der Waals surface area contributed by atoms with E-state index in [1.54, 1.807) is 0 Å². The van der Waals surface area contributed by atoms with Crippen molar-refractivity contribution in [3.8, 4) is 0 Å². The molecule has 1 aromatic heterocycles. The van der Waals surface area contributed by atoms with Crippen molar-refractivity contribution in [2.75, 3.05) is 6.54 Å². The molecule has 0 bridgehead atoms. The number of hydrogen-bond acceptors (Lipinski definition) is 3. The molecule has 1 N–H and O–H groups in total. The molecule has 0 fully saturated rings. The molecular formula is C14H22ClN3O. The van der Waals surface area contributed by atoms with Gasteiger partial charge in [-0.3, -0.25) is 4.79 Å². The van der Waals surface area contributed by atoms with Crippen LogP contribution in [0, 0.1) is 5.41 Å². The second-order valence-electron chi connectivity index (χ2n) is 5.53. The molecule has 0 radical (unpaired) electrons. The normalized spacial score (nSPS) is 11.4. The SMILES string of the molecule is CCCCCC(C)(C)CNC(=O)c1cnc(Cl)cn1. The van der Waals surface area contributed by atoms with Crippen LogP contribution in [0.3, 0.4) is 0 Å². The highest BCUT2D eigenvalue weighted by molar-refractivity contribution is 6.29. The van der Waals surface area contributed by atoms with Gasteiger partial charge in [0, 0.05) is 6.54 Å². The van der Waals surface area contributed by atoms with Gasteiger partial charge in [0.25, 0.3) is 5.91 Å². The van der Waals surface area contributed by atoms with Crippen molar-refractivity contribution in [2.24, 2.45) is 5.41 Å². The van der Waals surface area contributed by atoms with Crippen molar-refractivity contribution in [1.29, 1.82) is 0 Å². The van der Waals surface area contributed by atoms with Gasteiger partial charge in [-0.2, -0.15) is 0 Å². The summed E-state index contributed by atoms with van der Waals surface area (Å²) < 4.78 is 0. The van der Waals surface area contributed by atoms with Gasteiger partial charge in [0.1, 0.15) is 10.8 Å². The molecule has 1 rings (SSSR count). The summed E-state index contributed by atoms with van der Waals surface area (Å²) in [6, 6.07) is 0. The highest BCUT2D eigenvalue weighted by atomic mass is 35.5. The van der Waals surface area contributed by atoms with Crippen molar-refractivity contribution in [1.82, 2.24) is 15.3 Å². The molecular weight excluding hydrogens is 262 g/mol. The Bertz CT molecular complexity index is 404. The van der Waals surface area contributed by atoms with Crippen molar-refractivity contribution >= 4 is 17.5 Å². The average Bonchev–Trinajstić information content (AvgIpc) is 2.37. The summed E-state index contributed by atoms with van der Waals surface area (Å²) >= 11 is 5.63. The summed E-state index contributed by atoms with van der Waals surface area (Å²) in [6.45, 7) is 7.15. The molecule has 0 saturated carbocycles. The number of nitrogens with one attached hydrogen (secondary N) is 1. The van der Waals surface area contributed by atoms with Gasteiger partial charge >= 0.3 is 0 Å². The summed E-state index contributed by atoms with van der Waals surface area (Å²) in [6.07, 6.45) is 7.51. The van der Waals surface area contributed by atoms with Gasteiger partial charge in [-0.15, -0.1) is 0 Å². The fourth-order valence-electron chi connectivity index (χ4n) is 1.78. The van der Waals surface area contributed by atoms with Crippen molar-refractivity contribution in [3.63, 3.8) is 0 Å². The Morgan fingerprint density at radius 1 is 1.32 bits per heavy atom. The minimum Gasteiger partial charge on any atom is -0.350 e. The van der Waals surface area contributed by atoms with Crippen LogP contribution in [0.25, 0.3) is 0 Å². The number of carbonyl (C=O) groups excluding carboxylic acids is 1. The molecule has 1 heterocycles. The van der Waals surface area contributed by atoms with Crippen LogP contribution >= 0.6 is 11.6 Å². The molecule has 0 aliphatic carbocycles. The van der Waals surface area contributed by atoms with Crippen LogP contribution in [0.2, 0.25) is 5.15 Å². The third-order valence-corrected chi connectivity index (χ3v) is 3.23. The summed E-state index contributed by atoms with van der Waals surface area (Å²) in [5, 5.41) is 3.19. The Balaban J connectivity index is 2.42. The van der Waals surface area contributed by atoms with Crippen LogP contribution in [0.15, 0.2) is 12.4 Å². The van der Waals surface area contributed by atoms with Gasteiger partial charge in [0.05, 0.1) is 12.4 Å². The van der Waals surface area contributed by atoms with E-state index in [1.807, 2.05) is 0 Å². The Morgan fingerprint density at radius 3 is 2.63 bits per heavy atom. The largest absolute Gasteiger partial charge is 0.350 e. The fourth-order valence-corrected chi connectivity index (χ4v) is 1.88. The highest BCUT2D eigenvalue weighted by Crippen LogP contribution is 2.22. The van der Waals surface area contributed by atoms with Gasteiger partial charge in [-0.25, -0.2) is 9.97 Å². The predicted molar refractivity (Wildman–Crippen MR) is 77.3 cm³/mol. The Morgan fingerprint density at radius 2 is 2.05 bits per heavy atom. The molecule has 1 aromatic rings. The smallest absolute Gasteiger partial charge is 0.271 e. The zero-order valence-corrected chi connectivity index (χ0v) is 12.6. The molecule has 4 nitrogen and oxygen atoms in total. The molecule has 5 heteroatoms.